The number of nitrogens with zero attached hydrogens (tertiary/aromatic N) is 3. The van der Waals surface area contributed by atoms with Gasteiger partial charge in [-0.05, 0) is 25.1 Å². The van der Waals surface area contributed by atoms with E-state index in [1.54, 1.807) is 24.4 Å². The lowest BCUT2D eigenvalue weighted by molar-refractivity contribution is 0.469. The number of ether oxygens (including phenoxy) is 1. The Kier molecular flexibility index (Phi) is 3.81. The summed E-state index contributed by atoms with van der Waals surface area (Å²) in [5.41, 5.74) is 0.587. The standard InChI is InChI=1S/C13H11Cl2N5O/c1-2-16-13-18-11-10(6-17-20-11)12(19-13)21-9-4-7(14)3-8(15)5-9/h3-6H,2H2,1H3,(H2,16,17,18,19,20). The van der Waals surface area contributed by atoms with Crippen molar-refractivity contribution in [3.8, 4) is 11.6 Å². The number of nitrogens with one attached hydrogen (secondary N) is 2. The van der Waals surface area contributed by atoms with Crippen LogP contribution in [-0.2, 0) is 0 Å². The van der Waals surface area contributed by atoms with Gasteiger partial charge in [0.15, 0.2) is 5.65 Å². The summed E-state index contributed by atoms with van der Waals surface area (Å²) >= 11 is 11.9. The second-order valence-electron chi connectivity index (χ2n) is 4.22. The zero-order chi connectivity index (χ0) is 14.8. The van der Waals surface area contributed by atoms with Crippen molar-refractivity contribution in [3.05, 3.63) is 34.4 Å². The fourth-order valence-electron chi connectivity index (χ4n) is 1.82. The average Bonchev–Trinajstić information content (AvgIpc) is 2.86. The number of H-pyrrole nitrogens is 1. The van der Waals surface area contributed by atoms with E-state index in [2.05, 4.69) is 25.5 Å². The minimum Gasteiger partial charge on any atom is -0.438 e. The van der Waals surface area contributed by atoms with Crippen molar-refractivity contribution in [1.82, 2.24) is 20.2 Å². The fraction of sp³-hybridized carbons (Fsp3) is 0.154. The molecule has 0 saturated carbocycles. The molecule has 0 unspecified atom stereocenters. The number of anilines is 1. The molecule has 2 aromatic heterocycles. The van der Waals surface area contributed by atoms with Gasteiger partial charge in [-0.25, -0.2) is 0 Å². The number of aromatic amines is 1. The quantitative estimate of drug-likeness (QED) is 0.761. The molecule has 6 nitrogen and oxygen atoms in total. The molecule has 0 bridgehead atoms. The summed E-state index contributed by atoms with van der Waals surface area (Å²) in [4.78, 5) is 8.62. The molecule has 0 fully saturated rings. The van der Waals surface area contributed by atoms with Crippen molar-refractivity contribution in [2.75, 3.05) is 11.9 Å². The van der Waals surface area contributed by atoms with Gasteiger partial charge in [0.05, 0.1) is 6.20 Å². The number of fused-ring (bicyclic) bond motifs is 1. The van der Waals surface area contributed by atoms with Gasteiger partial charge in [0.25, 0.3) is 0 Å². The second-order valence-corrected chi connectivity index (χ2v) is 5.10. The van der Waals surface area contributed by atoms with E-state index in [-0.39, 0.29) is 0 Å². The van der Waals surface area contributed by atoms with Gasteiger partial charge in [0, 0.05) is 16.6 Å². The van der Waals surface area contributed by atoms with Crippen LogP contribution in [0.25, 0.3) is 11.0 Å². The molecule has 2 heterocycles. The first kappa shape index (κ1) is 13.9. The first-order valence-corrected chi connectivity index (χ1v) is 7.00. The average molecular weight is 324 g/mol. The normalized spacial score (nSPS) is 10.8. The topological polar surface area (TPSA) is 75.7 Å². The molecular formula is C13H11Cl2N5O. The number of halogens is 2. The maximum Gasteiger partial charge on any atom is 0.235 e. The van der Waals surface area contributed by atoms with E-state index in [0.717, 1.165) is 0 Å². The second kappa shape index (κ2) is 5.75. The van der Waals surface area contributed by atoms with Crippen LogP contribution >= 0.6 is 23.2 Å². The van der Waals surface area contributed by atoms with Crippen LogP contribution in [0.5, 0.6) is 11.6 Å². The van der Waals surface area contributed by atoms with Crippen LogP contribution in [0.4, 0.5) is 5.95 Å². The maximum atomic E-state index is 5.97. The first-order valence-electron chi connectivity index (χ1n) is 6.24. The number of aromatic nitrogens is 4. The molecule has 1 aromatic carbocycles. The number of rotatable bonds is 4. The molecule has 0 aliphatic rings. The first-order chi connectivity index (χ1) is 10.2. The lowest BCUT2D eigenvalue weighted by atomic mass is 10.3. The van der Waals surface area contributed by atoms with Gasteiger partial charge in [-0.3, -0.25) is 5.10 Å². The molecule has 0 aliphatic carbocycles. The molecule has 0 aliphatic heterocycles. The Hall–Kier alpha value is -2.05. The predicted molar refractivity (Wildman–Crippen MR) is 82.4 cm³/mol. The van der Waals surface area contributed by atoms with Gasteiger partial charge in [-0.2, -0.15) is 15.1 Å². The molecule has 0 atom stereocenters. The monoisotopic (exact) mass is 323 g/mol. The van der Waals surface area contributed by atoms with Crippen LogP contribution in [-0.4, -0.2) is 26.7 Å². The van der Waals surface area contributed by atoms with Gasteiger partial charge >= 0.3 is 0 Å². The molecule has 108 valence electrons. The molecule has 3 aromatic rings. The van der Waals surface area contributed by atoms with Crippen LogP contribution in [0.3, 0.4) is 0 Å². The highest BCUT2D eigenvalue weighted by molar-refractivity contribution is 6.34. The Morgan fingerprint density at radius 1 is 1.19 bits per heavy atom. The third-order valence-corrected chi connectivity index (χ3v) is 3.10. The Morgan fingerprint density at radius 3 is 2.67 bits per heavy atom. The third-order valence-electron chi connectivity index (χ3n) is 2.66. The van der Waals surface area contributed by atoms with E-state index >= 15 is 0 Å². The number of hydrogen-bond acceptors (Lipinski definition) is 5. The van der Waals surface area contributed by atoms with Gasteiger partial charge in [-0.15, -0.1) is 0 Å². The van der Waals surface area contributed by atoms with E-state index in [1.807, 2.05) is 6.92 Å². The summed E-state index contributed by atoms with van der Waals surface area (Å²) < 4.78 is 5.78. The van der Waals surface area contributed by atoms with Crippen LogP contribution in [0.15, 0.2) is 24.4 Å². The van der Waals surface area contributed by atoms with E-state index in [4.69, 9.17) is 27.9 Å². The molecule has 0 spiro atoms. The minimum atomic E-state index is 0.378. The van der Waals surface area contributed by atoms with E-state index < -0.39 is 0 Å². The highest BCUT2D eigenvalue weighted by atomic mass is 35.5. The third kappa shape index (κ3) is 3.01. The predicted octanol–water partition coefficient (Wildman–Crippen LogP) is 3.88. The lowest BCUT2D eigenvalue weighted by Gasteiger charge is -2.08. The van der Waals surface area contributed by atoms with Crippen LogP contribution in [0, 0.1) is 0 Å². The summed E-state index contributed by atoms with van der Waals surface area (Å²) in [5.74, 6) is 1.33. The molecule has 0 radical (unpaired) electrons. The smallest absolute Gasteiger partial charge is 0.235 e. The molecule has 8 heteroatoms. The number of benzene rings is 1. The Bertz CT molecular complexity index is 769. The largest absolute Gasteiger partial charge is 0.438 e. The minimum absolute atomic E-state index is 0.378. The van der Waals surface area contributed by atoms with E-state index in [1.165, 1.54) is 0 Å². The Labute approximate surface area is 130 Å². The van der Waals surface area contributed by atoms with Crippen molar-refractivity contribution >= 4 is 40.2 Å². The van der Waals surface area contributed by atoms with Crippen LogP contribution in [0.1, 0.15) is 6.92 Å². The van der Waals surface area contributed by atoms with Crippen molar-refractivity contribution in [1.29, 1.82) is 0 Å². The van der Waals surface area contributed by atoms with Gasteiger partial charge in [-0.1, -0.05) is 23.2 Å². The number of hydrogen-bond donors (Lipinski definition) is 2. The van der Waals surface area contributed by atoms with Gasteiger partial charge < -0.3 is 10.1 Å². The highest BCUT2D eigenvalue weighted by Gasteiger charge is 2.12. The molecule has 21 heavy (non-hydrogen) atoms. The maximum absolute atomic E-state index is 5.97. The summed E-state index contributed by atoms with van der Waals surface area (Å²) in [6.07, 6.45) is 1.60. The summed E-state index contributed by atoms with van der Waals surface area (Å²) in [6.45, 7) is 2.65. The summed E-state index contributed by atoms with van der Waals surface area (Å²) in [6, 6.07) is 4.95. The van der Waals surface area contributed by atoms with Gasteiger partial charge in [0.2, 0.25) is 11.8 Å². The van der Waals surface area contributed by atoms with E-state index in [0.29, 0.717) is 45.2 Å². The SMILES string of the molecule is CCNc1nc(Oc2cc(Cl)cc(Cl)c2)c2cn[nH]c2n1. The molecular weight excluding hydrogens is 313 g/mol. The van der Waals surface area contributed by atoms with Crippen LogP contribution in [0.2, 0.25) is 10.0 Å². The zero-order valence-corrected chi connectivity index (χ0v) is 12.5. The van der Waals surface area contributed by atoms with Crippen molar-refractivity contribution in [3.63, 3.8) is 0 Å². The molecule has 3 rings (SSSR count). The zero-order valence-electron chi connectivity index (χ0n) is 11.0. The van der Waals surface area contributed by atoms with E-state index in [9.17, 15) is 0 Å². The van der Waals surface area contributed by atoms with Gasteiger partial charge in [0.1, 0.15) is 11.1 Å². The van der Waals surface area contributed by atoms with Crippen molar-refractivity contribution in [2.24, 2.45) is 0 Å². The molecule has 0 saturated heterocycles. The fourth-order valence-corrected chi connectivity index (χ4v) is 2.33. The molecule has 2 N–H and O–H groups in total. The lowest BCUT2D eigenvalue weighted by Crippen LogP contribution is -2.03. The highest BCUT2D eigenvalue weighted by Crippen LogP contribution is 2.31. The Morgan fingerprint density at radius 2 is 1.95 bits per heavy atom. The summed E-state index contributed by atoms with van der Waals surface area (Å²) in [7, 11) is 0. The Balaban J connectivity index is 2.04. The van der Waals surface area contributed by atoms with Crippen molar-refractivity contribution in [2.45, 2.75) is 6.92 Å². The molecule has 0 amide bonds. The summed E-state index contributed by atoms with van der Waals surface area (Å²) in [5, 5.41) is 11.4. The van der Waals surface area contributed by atoms with Crippen LogP contribution < -0.4 is 10.1 Å². The van der Waals surface area contributed by atoms with Crippen molar-refractivity contribution < 1.29 is 4.74 Å².